The normalized spacial score (nSPS) is 20.4. The van der Waals surface area contributed by atoms with Gasteiger partial charge >= 0.3 is 0 Å². The fourth-order valence-corrected chi connectivity index (χ4v) is 6.07. The summed E-state index contributed by atoms with van der Waals surface area (Å²) in [6.07, 6.45) is 5.12. The van der Waals surface area contributed by atoms with E-state index in [-0.39, 0.29) is 24.1 Å². The fourth-order valence-electron chi connectivity index (χ4n) is 5.36. The van der Waals surface area contributed by atoms with Crippen molar-refractivity contribution in [3.63, 3.8) is 0 Å². The Bertz CT molecular complexity index is 1420. The van der Waals surface area contributed by atoms with Gasteiger partial charge in [0, 0.05) is 55.7 Å². The average Bonchev–Trinajstić information content (AvgIpc) is 3.59. The number of piperidine rings is 1. The van der Waals surface area contributed by atoms with Gasteiger partial charge in [-0.3, -0.25) is 9.48 Å². The summed E-state index contributed by atoms with van der Waals surface area (Å²) in [5.41, 5.74) is 3.34. The van der Waals surface area contributed by atoms with Gasteiger partial charge in [0.15, 0.2) is 5.13 Å². The second kappa shape index (κ2) is 10.0. The Morgan fingerprint density at radius 1 is 1.11 bits per heavy atom. The van der Waals surface area contributed by atoms with Crippen LogP contribution in [0, 0.1) is 6.92 Å². The Balaban J connectivity index is 1.08. The molecule has 0 saturated carbocycles. The number of carbonyl (C=O) groups excluding carboxylic acids is 1. The van der Waals surface area contributed by atoms with E-state index in [0.717, 1.165) is 47.9 Å². The first kappa shape index (κ1) is 24.3. The van der Waals surface area contributed by atoms with E-state index >= 15 is 0 Å². The van der Waals surface area contributed by atoms with Gasteiger partial charge in [0.25, 0.3) is 5.91 Å². The molecule has 4 aromatic heterocycles. The Hall–Kier alpha value is -4.06. The first-order valence-corrected chi connectivity index (χ1v) is 13.4. The quantitative estimate of drug-likeness (QED) is 0.376. The molecule has 1 N–H and O–H groups in total. The van der Waals surface area contributed by atoms with E-state index in [1.54, 1.807) is 25.4 Å². The van der Waals surface area contributed by atoms with Crippen molar-refractivity contribution in [2.45, 2.75) is 50.8 Å². The van der Waals surface area contributed by atoms with Crippen LogP contribution in [0.5, 0.6) is 11.8 Å². The molecule has 1 amide bonds. The number of aryl methyl sites for hydroxylation is 2. The fraction of sp³-hybridized carbons (Fsp3) is 0.385. The lowest BCUT2D eigenvalue weighted by molar-refractivity contribution is 0.0344. The summed E-state index contributed by atoms with van der Waals surface area (Å²) in [6.45, 7) is 1.96. The van der Waals surface area contributed by atoms with Crippen molar-refractivity contribution in [2.75, 3.05) is 12.4 Å². The molecular formula is C26H28N8O3S. The molecule has 196 valence electrons. The number of hydrogen-bond donors (Lipinski definition) is 1. The van der Waals surface area contributed by atoms with Crippen molar-refractivity contribution in [3.05, 3.63) is 53.2 Å². The zero-order valence-electron chi connectivity index (χ0n) is 21.4. The van der Waals surface area contributed by atoms with E-state index in [2.05, 4.69) is 30.6 Å². The number of ether oxygens (including phenoxy) is 2. The molecule has 1 unspecified atom stereocenters. The molecule has 12 heteroatoms. The van der Waals surface area contributed by atoms with Crippen LogP contribution in [0.2, 0.25) is 0 Å². The molecule has 6 heterocycles. The molecule has 38 heavy (non-hydrogen) atoms. The lowest BCUT2D eigenvalue weighted by Gasteiger charge is -2.38. The van der Waals surface area contributed by atoms with Gasteiger partial charge in [-0.25, -0.2) is 9.97 Å². The number of fused-ring (bicyclic) bond motifs is 2. The number of aromatic nitrogens is 6. The van der Waals surface area contributed by atoms with Crippen LogP contribution in [0.1, 0.15) is 41.7 Å². The van der Waals surface area contributed by atoms with E-state index in [1.165, 1.54) is 11.3 Å². The van der Waals surface area contributed by atoms with Crippen LogP contribution < -0.4 is 14.8 Å². The smallest absolute Gasteiger partial charge is 0.255 e. The molecule has 2 aliphatic heterocycles. The minimum atomic E-state index is 0.00222. The largest absolute Gasteiger partial charge is 0.480 e. The van der Waals surface area contributed by atoms with Gasteiger partial charge in [0.05, 0.1) is 24.1 Å². The van der Waals surface area contributed by atoms with Crippen LogP contribution in [-0.2, 0) is 7.05 Å². The van der Waals surface area contributed by atoms with E-state index in [1.807, 2.05) is 47.1 Å². The maximum absolute atomic E-state index is 13.4. The molecular weight excluding hydrogens is 504 g/mol. The SMILES string of the molecule is COc1ccc(OC2C[C@H]3CC[C@@H](C2)N3C(=O)c2ccc(Nc3nc(-c4cc(C)nn4C)cs3)nc2)nn1. The van der Waals surface area contributed by atoms with Crippen molar-refractivity contribution in [1.82, 2.24) is 34.8 Å². The standard InChI is InChI=1S/C26H28N8O3S/c1-15-10-21(33(2)32-15)20-14-38-26(28-20)29-22-7-4-16(13-27-22)25(35)34-17-5-6-18(34)12-19(11-17)37-24-9-8-23(36-3)30-31-24/h4,7-10,13-14,17-19H,5-6,11-12H2,1-3H3,(H,27,28,29)/t17-,18+,19?. The Labute approximate surface area is 223 Å². The number of hydrogen-bond acceptors (Lipinski definition) is 10. The van der Waals surface area contributed by atoms with Gasteiger partial charge in [-0.2, -0.15) is 5.10 Å². The summed E-state index contributed by atoms with van der Waals surface area (Å²) in [5.74, 6) is 1.58. The number of carbonyl (C=O) groups is 1. The van der Waals surface area contributed by atoms with Crippen LogP contribution in [0.3, 0.4) is 0 Å². The third-order valence-electron chi connectivity index (χ3n) is 7.05. The number of pyridine rings is 1. The highest BCUT2D eigenvalue weighted by Crippen LogP contribution is 2.38. The summed E-state index contributed by atoms with van der Waals surface area (Å²) in [4.78, 5) is 24.6. The predicted octanol–water partition coefficient (Wildman–Crippen LogP) is 4.00. The third kappa shape index (κ3) is 4.78. The highest BCUT2D eigenvalue weighted by molar-refractivity contribution is 7.14. The second-order valence-electron chi connectivity index (χ2n) is 9.61. The van der Waals surface area contributed by atoms with Crippen molar-refractivity contribution in [3.8, 4) is 23.1 Å². The molecule has 4 aromatic rings. The number of nitrogens with zero attached hydrogens (tertiary/aromatic N) is 7. The minimum absolute atomic E-state index is 0.00222. The molecule has 0 spiro atoms. The van der Waals surface area contributed by atoms with Gasteiger partial charge in [-0.15, -0.1) is 21.5 Å². The highest BCUT2D eigenvalue weighted by Gasteiger charge is 2.44. The van der Waals surface area contributed by atoms with Crippen LogP contribution in [0.25, 0.3) is 11.4 Å². The molecule has 2 saturated heterocycles. The summed E-state index contributed by atoms with van der Waals surface area (Å²) >= 11 is 1.50. The van der Waals surface area contributed by atoms with E-state index in [9.17, 15) is 4.79 Å². The number of amides is 1. The molecule has 2 aliphatic rings. The van der Waals surface area contributed by atoms with Crippen molar-refractivity contribution in [2.24, 2.45) is 7.05 Å². The minimum Gasteiger partial charge on any atom is -0.480 e. The molecule has 6 rings (SSSR count). The summed E-state index contributed by atoms with van der Waals surface area (Å²) < 4.78 is 13.0. The number of thiazole rings is 1. The first-order chi connectivity index (χ1) is 18.5. The maximum Gasteiger partial charge on any atom is 0.255 e. The lowest BCUT2D eigenvalue weighted by atomic mass is 9.98. The average molecular weight is 533 g/mol. The van der Waals surface area contributed by atoms with Crippen molar-refractivity contribution < 1.29 is 14.3 Å². The topological polar surface area (TPSA) is 120 Å². The molecule has 0 aliphatic carbocycles. The number of anilines is 2. The lowest BCUT2D eigenvalue weighted by Crippen LogP contribution is -2.49. The molecule has 2 bridgehead atoms. The molecule has 3 atom stereocenters. The summed E-state index contributed by atoms with van der Waals surface area (Å²) in [7, 11) is 3.46. The number of rotatable bonds is 7. The second-order valence-corrected chi connectivity index (χ2v) is 10.5. The Morgan fingerprint density at radius 3 is 2.50 bits per heavy atom. The van der Waals surface area contributed by atoms with Gasteiger partial charge in [-0.1, -0.05) is 0 Å². The first-order valence-electron chi connectivity index (χ1n) is 12.5. The van der Waals surface area contributed by atoms with Crippen LogP contribution in [0.4, 0.5) is 10.9 Å². The Morgan fingerprint density at radius 2 is 1.87 bits per heavy atom. The highest BCUT2D eigenvalue weighted by atomic mass is 32.1. The molecule has 0 radical (unpaired) electrons. The van der Waals surface area contributed by atoms with Gasteiger partial charge in [0.1, 0.15) is 17.6 Å². The maximum atomic E-state index is 13.4. The van der Waals surface area contributed by atoms with E-state index in [4.69, 9.17) is 9.47 Å². The zero-order chi connectivity index (χ0) is 26.2. The van der Waals surface area contributed by atoms with Crippen molar-refractivity contribution >= 4 is 28.2 Å². The van der Waals surface area contributed by atoms with Gasteiger partial charge < -0.3 is 19.7 Å². The molecule has 11 nitrogen and oxygen atoms in total. The van der Waals surface area contributed by atoms with Crippen LogP contribution in [-0.4, -0.2) is 66.1 Å². The van der Waals surface area contributed by atoms with Gasteiger partial charge in [0.2, 0.25) is 11.8 Å². The Kier molecular flexibility index (Phi) is 6.40. The predicted molar refractivity (Wildman–Crippen MR) is 142 cm³/mol. The summed E-state index contributed by atoms with van der Waals surface area (Å²) in [5, 5.41) is 18.4. The van der Waals surface area contributed by atoms with Crippen LogP contribution >= 0.6 is 11.3 Å². The van der Waals surface area contributed by atoms with E-state index in [0.29, 0.717) is 23.1 Å². The van der Waals surface area contributed by atoms with Crippen LogP contribution in [0.15, 0.2) is 41.9 Å². The number of nitrogens with one attached hydrogen (secondary N) is 1. The molecule has 2 fully saturated rings. The van der Waals surface area contributed by atoms with E-state index < -0.39 is 0 Å². The number of methoxy groups -OCH3 is 1. The zero-order valence-corrected chi connectivity index (χ0v) is 22.2. The summed E-state index contributed by atoms with van der Waals surface area (Å²) in [6, 6.07) is 9.43. The third-order valence-corrected chi connectivity index (χ3v) is 7.81. The van der Waals surface area contributed by atoms with Crippen molar-refractivity contribution in [1.29, 1.82) is 0 Å². The molecule has 0 aromatic carbocycles. The van der Waals surface area contributed by atoms with Gasteiger partial charge in [-0.05, 0) is 38.0 Å². The monoisotopic (exact) mass is 532 g/mol.